The molecule has 106 valence electrons. The number of nitrogens with zero attached hydrogens (tertiary/aromatic N) is 1. The van der Waals surface area contributed by atoms with E-state index in [0.29, 0.717) is 13.0 Å². The van der Waals surface area contributed by atoms with Gasteiger partial charge in [-0.15, -0.1) is 0 Å². The fourth-order valence-corrected chi connectivity index (χ4v) is 2.38. The molecule has 1 saturated heterocycles. The number of hydrogen-bond acceptors (Lipinski definition) is 4. The molecular weight excluding hydrogens is 324 g/mol. The van der Waals surface area contributed by atoms with Crippen LogP contribution in [0.25, 0.3) is 0 Å². The Balaban J connectivity index is 1.92. The minimum absolute atomic E-state index is 0.176. The van der Waals surface area contributed by atoms with E-state index in [2.05, 4.69) is 21.2 Å². The molecule has 1 aromatic carbocycles. The first-order valence-electron chi connectivity index (χ1n) is 6.21. The van der Waals surface area contributed by atoms with Crippen molar-refractivity contribution < 1.29 is 14.3 Å². The van der Waals surface area contributed by atoms with Crippen molar-refractivity contribution in [2.45, 2.75) is 6.42 Å². The van der Waals surface area contributed by atoms with Crippen LogP contribution in [-0.2, 0) is 16.0 Å². The van der Waals surface area contributed by atoms with Crippen molar-refractivity contribution in [3.63, 3.8) is 0 Å². The molecular formula is C14H15BrN2O3. The van der Waals surface area contributed by atoms with E-state index in [1.807, 2.05) is 24.3 Å². The van der Waals surface area contributed by atoms with Crippen LogP contribution in [0.5, 0.6) is 5.75 Å². The van der Waals surface area contributed by atoms with Crippen molar-refractivity contribution in [3.8, 4) is 11.8 Å². The molecule has 0 radical (unpaired) electrons. The Labute approximate surface area is 126 Å². The molecule has 0 spiro atoms. The monoisotopic (exact) mass is 338 g/mol. The summed E-state index contributed by atoms with van der Waals surface area (Å²) in [5.74, 6) is 0.518. The minimum atomic E-state index is -0.999. The van der Waals surface area contributed by atoms with Gasteiger partial charge in [0, 0.05) is 11.0 Å². The number of amides is 1. The molecule has 6 heteroatoms. The van der Waals surface area contributed by atoms with Gasteiger partial charge < -0.3 is 14.8 Å². The van der Waals surface area contributed by atoms with Gasteiger partial charge >= 0.3 is 0 Å². The SMILES string of the molecule is COc1ccc(Br)cc1CCNC(=O)C1(C#N)COC1. The van der Waals surface area contributed by atoms with Crippen LogP contribution < -0.4 is 10.1 Å². The average Bonchev–Trinajstić information content (AvgIpc) is 2.38. The number of nitrogens with one attached hydrogen (secondary N) is 1. The number of carbonyl (C=O) groups is 1. The van der Waals surface area contributed by atoms with Crippen molar-refractivity contribution >= 4 is 21.8 Å². The van der Waals surface area contributed by atoms with Gasteiger partial charge in [0.05, 0.1) is 26.4 Å². The molecule has 1 amide bonds. The Morgan fingerprint density at radius 3 is 2.90 bits per heavy atom. The molecule has 1 aromatic rings. The standard InChI is InChI=1S/C14H15BrN2O3/c1-19-12-3-2-11(15)6-10(12)4-5-17-13(18)14(7-16)8-20-9-14/h2-3,6H,4-5,8-9H2,1H3,(H,17,18). The number of ether oxygens (including phenoxy) is 2. The van der Waals surface area contributed by atoms with Crippen molar-refractivity contribution in [1.82, 2.24) is 5.32 Å². The van der Waals surface area contributed by atoms with E-state index in [1.165, 1.54) is 0 Å². The summed E-state index contributed by atoms with van der Waals surface area (Å²) >= 11 is 3.41. The van der Waals surface area contributed by atoms with E-state index < -0.39 is 5.41 Å². The average molecular weight is 339 g/mol. The van der Waals surface area contributed by atoms with Crippen LogP contribution in [0.4, 0.5) is 0 Å². The summed E-state index contributed by atoms with van der Waals surface area (Å²) < 4.78 is 11.2. The van der Waals surface area contributed by atoms with Gasteiger partial charge in [0.2, 0.25) is 5.91 Å². The second kappa shape index (κ2) is 6.25. The van der Waals surface area contributed by atoms with E-state index in [0.717, 1.165) is 15.8 Å². The second-order valence-corrected chi connectivity index (χ2v) is 5.56. The molecule has 1 N–H and O–H groups in total. The maximum absolute atomic E-state index is 11.9. The summed E-state index contributed by atoms with van der Waals surface area (Å²) in [5, 5.41) is 11.8. The molecule has 0 aliphatic carbocycles. The molecule has 1 aliphatic rings. The lowest BCUT2D eigenvalue weighted by atomic mass is 9.87. The van der Waals surface area contributed by atoms with Crippen LogP contribution >= 0.6 is 15.9 Å². The van der Waals surface area contributed by atoms with Crippen LogP contribution in [0, 0.1) is 16.7 Å². The maximum Gasteiger partial charge on any atom is 0.245 e. The molecule has 5 nitrogen and oxygen atoms in total. The van der Waals surface area contributed by atoms with Crippen molar-refractivity contribution in [2.24, 2.45) is 5.41 Å². The highest BCUT2D eigenvalue weighted by atomic mass is 79.9. The first-order chi connectivity index (χ1) is 9.61. The fourth-order valence-electron chi connectivity index (χ4n) is 1.98. The fraction of sp³-hybridized carbons (Fsp3) is 0.429. The highest BCUT2D eigenvalue weighted by Crippen LogP contribution is 2.27. The molecule has 1 heterocycles. The summed E-state index contributed by atoms with van der Waals surface area (Å²) in [4.78, 5) is 11.9. The van der Waals surface area contributed by atoms with Gasteiger partial charge in [-0.25, -0.2) is 0 Å². The van der Waals surface area contributed by atoms with Crippen LogP contribution in [0.15, 0.2) is 22.7 Å². The van der Waals surface area contributed by atoms with E-state index in [4.69, 9.17) is 14.7 Å². The van der Waals surface area contributed by atoms with E-state index in [-0.39, 0.29) is 19.1 Å². The summed E-state index contributed by atoms with van der Waals surface area (Å²) in [6.45, 7) is 0.806. The largest absolute Gasteiger partial charge is 0.496 e. The summed E-state index contributed by atoms with van der Waals surface area (Å²) in [6.07, 6.45) is 0.636. The van der Waals surface area contributed by atoms with Crippen molar-refractivity contribution in [2.75, 3.05) is 26.9 Å². The van der Waals surface area contributed by atoms with Crippen LogP contribution in [0.1, 0.15) is 5.56 Å². The highest BCUT2D eigenvalue weighted by molar-refractivity contribution is 9.10. The molecule has 1 fully saturated rings. The Hall–Kier alpha value is -1.58. The molecule has 0 atom stereocenters. The Kier molecular flexibility index (Phi) is 4.63. The molecule has 20 heavy (non-hydrogen) atoms. The third-order valence-electron chi connectivity index (χ3n) is 3.27. The lowest BCUT2D eigenvalue weighted by molar-refractivity contribution is -0.149. The van der Waals surface area contributed by atoms with Gasteiger partial charge in [0.1, 0.15) is 5.75 Å². The van der Waals surface area contributed by atoms with Gasteiger partial charge in [0.25, 0.3) is 0 Å². The van der Waals surface area contributed by atoms with E-state index >= 15 is 0 Å². The van der Waals surface area contributed by atoms with E-state index in [9.17, 15) is 4.79 Å². The first kappa shape index (κ1) is 14.8. The number of carbonyl (C=O) groups excluding carboxylic acids is 1. The highest BCUT2D eigenvalue weighted by Gasteiger charge is 2.46. The zero-order chi connectivity index (χ0) is 14.6. The van der Waals surface area contributed by atoms with Crippen LogP contribution in [0.3, 0.4) is 0 Å². The number of nitriles is 1. The zero-order valence-corrected chi connectivity index (χ0v) is 12.7. The second-order valence-electron chi connectivity index (χ2n) is 4.65. The van der Waals surface area contributed by atoms with Gasteiger partial charge in [-0.3, -0.25) is 4.79 Å². The normalized spacial score (nSPS) is 15.8. The minimum Gasteiger partial charge on any atom is -0.496 e. The molecule has 0 unspecified atom stereocenters. The predicted molar refractivity (Wildman–Crippen MR) is 76.3 cm³/mol. The van der Waals surface area contributed by atoms with Gasteiger partial charge in [-0.2, -0.15) is 5.26 Å². The Morgan fingerprint density at radius 1 is 1.60 bits per heavy atom. The van der Waals surface area contributed by atoms with Gasteiger partial charge in [-0.1, -0.05) is 15.9 Å². The van der Waals surface area contributed by atoms with Crippen LogP contribution in [-0.4, -0.2) is 32.8 Å². The third-order valence-corrected chi connectivity index (χ3v) is 3.76. The topological polar surface area (TPSA) is 71.3 Å². The molecule has 0 saturated carbocycles. The lowest BCUT2D eigenvalue weighted by Crippen LogP contribution is -2.53. The molecule has 0 bridgehead atoms. The third kappa shape index (κ3) is 2.94. The number of benzene rings is 1. The summed E-state index contributed by atoms with van der Waals surface area (Å²) in [5.41, 5.74) is -0.000466. The first-order valence-corrected chi connectivity index (χ1v) is 7.00. The number of methoxy groups -OCH3 is 1. The number of halogens is 1. The summed E-state index contributed by atoms with van der Waals surface area (Å²) in [6, 6.07) is 7.75. The number of rotatable bonds is 5. The van der Waals surface area contributed by atoms with Gasteiger partial charge in [-0.05, 0) is 30.2 Å². The zero-order valence-electron chi connectivity index (χ0n) is 11.1. The molecule has 0 aromatic heterocycles. The van der Waals surface area contributed by atoms with E-state index in [1.54, 1.807) is 7.11 Å². The predicted octanol–water partition coefficient (Wildman–Crippen LogP) is 1.66. The molecule has 1 aliphatic heterocycles. The summed E-state index contributed by atoms with van der Waals surface area (Å²) in [7, 11) is 1.61. The quantitative estimate of drug-likeness (QED) is 0.886. The van der Waals surface area contributed by atoms with Crippen molar-refractivity contribution in [1.29, 1.82) is 5.26 Å². The lowest BCUT2D eigenvalue weighted by Gasteiger charge is -2.33. The van der Waals surface area contributed by atoms with Crippen molar-refractivity contribution in [3.05, 3.63) is 28.2 Å². The molecule has 2 rings (SSSR count). The Morgan fingerprint density at radius 2 is 2.35 bits per heavy atom. The Bertz CT molecular complexity index is 550. The van der Waals surface area contributed by atoms with Crippen LogP contribution in [0.2, 0.25) is 0 Å². The smallest absolute Gasteiger partial charge is 0.245 e. The maximum atomic E-state index is 11.9. The van der Waals surface area contributed by atoms with Gasteiger partial charge in [0.15, 0.2) is 5.41 Å². The number of hydrogen-bond donors (Lipinski definition) is 1.